The van der Waals surface area contributed by atoms with Crippen molar-refractivity contribution < 1.29 is 19.1 Å². The third-order valence-electron chi connectivity index (χ3n) is 6.51. The Hall–Kier alpha value is -3.16. The molecular formula is C23H28N4O4. The fraction of sp³-hybridized carbons (Fsp3) is 0.478. The molecule has 2 aliphatic rings. The summed E-state index contributed by atoms with van der Waals surface area (Å²) >= 11 is 0. The molecule has 1 saturated carbocycles. The van der Waals surface area contributed by atoms with Gasteiger partial charge in [-0.15, -0.1) is 0 Å². The zero-order chi connectivity index (χ0) is 22.2. The first kappa shape index (κ1) is 21.1. The lowest BCUT2D eigenvalue weighted by molar-refractivity contribution is -0.134. The van der Waals surface area contributed by atoms with Crippen molar-refractivity contribution in [1.29, 1.82) is 0 Å². The number of hydrogen-bond acceptors (Lipinski definition) is 5. The van der Waals surface area contributed by atoms with Crippen LogP contribution < -0.4 is 5.32 Å². The van der Waals surface area contributed by atoms with Crippen LogP contribution in [-0.4, -0.2) is 50.9 Å². The highest BCUT2D eigenvalue weighted by Crippen LogP contribution is 2.32. The highest BCUT2D eigenvalue weighted by atomic mass is 16.5. The average molecular weight is 425 g/mol. The van der Waals surface area contributed by atoms with Crippen molar-refractivity contribution in [1.82, 2.24) is 19.8 Å². The molecular weight excluding hydrogens is 396 g/mol. The molecule has 0 bridgehead atoms. The number of aromatic nitrogens is 2. The second-order valence-electron chi connectivity index (χ2n) is 8.61. The van der Waals surface area contributed by atoms with Crippen molar-refractivity contribution in [3.8, 4) is 0 Å². The lowest BCUT2D eigenvalue weighted by Crippen LogP contribution is -2.64. The molecule has 0 saturated heterocycles. The van der Waals surface area contributed by atoms with Crippen LogP contribution in [0.2, 0.25) is 0 Å². The van der Waals surface area contributed by atoms with Gasteiger partial charge in [0.05, 0.1) is 20.0 Å². The summed E-state index contributed by atoms with van der Waals surface area (Å²) in [4.78, 5) is 45.0. The minimum Gasteiger partial charge on any atom is -0.464 e. The Morgan fingerprint density at radius 2 is 1.97 bits per heavy atom. The molecule has 1 N–H and O–H groups in total. The van der Waals surface area contributed by atoms with Crippen molar-refractivity contribution in [2.24, 2.45) is 0 Å². The number of hydrogen-bond donors (Lipinski definition) is 1. The topological polar surface area (TPSA) is 93.5 Å². The summed E-state index contributed by atoms with van der Waals surface area (Å²) in [6.07, 6.45) is 5.54. The maximum Gasteiger partial charge on any atom is 0.359 e. The Kier molecular flexibility index (Phi) is 5.56. The van der Waals surface area contributed by atoms with E-state index in [4.69, 9.17) is 4.74 Å². The molecule has 4 rings (SSSR count). The number of carbonyl (C=O) groups excluding carboxylic acids is 3. The molecule has 1 fully saturated rings. The number of nitrogens with zero attached hydrogens (tertiary/aromatic N) is 3. The Morgan fingerprint density at radius 1 is 1.26 bits per heavy atom. The first-order chi connectivity index (χ1) is 14.8. The van der Waals surface area contributed by atoms with Crippen LogP contribution in [0.15, 0.2) is 30.6 Å². The molecule has 1 aromatic carbocycles. The van der Waals surface area contributed by atoms with Crippen molar-refractivity contribution in [2.45, 2.75) is 64.2 Å². The number of nitrogens with one attached hydrogen (secondary N) is 1. The van der Waals surface area contributed by atoms with E-state index in [9.17, 15) is 14.4 Å². The normalized spacial score (nSPS) is 21.1. The van der Waals surface area contributed by atoms with Gasteiger partial charge in [-0.25, -0.2) is 9.78 Å². The number of benzene rings is 1. The summed E-state index contributed by atoms with van der Waals surface area (Å²) in [5.74, 6) is -1.26. The molecule has 31 heavy (non-hydrogen) atoms. The highest BCUT2D eigenvalue weighted by Gasteiger charge is 2.49. The van der Waals surface area contributed by atoms with E-state index in [0.717, 1.165) is 36.8 Å². The minimum atomic E-state index is -1.12. The van der Waals surface area contributed by atoms with E-state index in [0.29, 0.717) is 0 Å². The van der Waals surface area contributed by atoms with Crippen LogP contribution in [0.1, 0.15) is 64.7 Å². The summed E-state index contributed by atoms with van der Waals surface area (Å²) in [5.41, 5.74) is 0.986. The van der Waals surface area contributed by atoms with Gasteiger partial charge in [0.25, 0.3) is 5.91 Å². The van der Waals surface area contributed by atoms with E-state index < -0.39 is 17.4 Å². The third kappa shape index (κ3) is 3.71. The van der Waals surface area contributed by atoms with Gasteiger partial charge in [-0.2, -0.15) is 0 Å². The van der Waals surface area contributed by atoms with Crippen LogP contribution in [0, 0.1) is 6.92 Å². The first-order valence-corrected chi connectivity index (χ1v) is 10.7. The number of fused-ring (bicyclic) bond motifs is 1. The summed E-state index contributed by atoms with van der Waals surface area (Å²) in [6, 6.07) is 7.91. The van der Waals surface area contributed by atoms with Gasteiger partial charge in [0.1, 0.15) is 11.2 Å². The van der Waals surface area contributed by atoms with Gasteiger partial charge in [0.2, 0.25) is 5.91 Å². The number of methoxy groups -OCH3 is 1. The van der Waals surface area contributed by atoms with Gasteiger partial charge < -0.3 is 19.5 Å². The molecule has 2 amide bonds. The van der Waals surface area contributed by atoms with Gasteiger partial charge in [-0.1, -0.05) is 37.1 Å². The van der Waals surface area contributed by atoms with Gasteiger partial charge in [-0.05, 0) is 37.8 Å². The fourth-order valence-corrected chi connectivity index (χ4v) is 4.55. The molecule has 2 heterocycles. The van der Waals surface area contributed by atoms with E-state index in [1.165, 1.54) is 13.4 Å². The van der Waals surface area contributed by atoms with Crippen molar-refractivity contribution in [3.63, 3.8) is 0 Å². The zero-order valence-corrected chi connectivity index (χ0v) is 18.2. The quantitative estimate of drug-likeness (QED) is 0.744. The summed E-state index contributed by atoms with van der Waals surface area (Å²) in [7, 11) is 1.26. The number of esters is 1. The number of carbonyl (C=O) groups is 3. The molecule has 1 aliphatic carbocycles. The van der Waals surface area contributed by atoms with Gasteiger partial charge in [0.15, 0.2) is 5.69 Å². The SMILES string of the molecule is COC(=O)c1ncn2c1C(=O)N(Cc1ccccc1C)[C@@](C)(C(=O)NC1CCCC1)C2. The number of amides is 2. The Morgan fingerprint density at radius 3 is 2.65 bits per heavy atom. The lowest BCUT2D eigenvalue weighted by atomic mass is 9.92. The van der Waals surface area contributed by atoms with Crippen LogP contribution in [0.25, 0.3) is 0 Å². The molecule has 164 valence electrons. The predicted molar refractivity (Wildman–Crippen MR) is 113 cm³/mol. The minimum absolute atomic E-state index is 0.0273. The van der Waals surface area contributed by atoms with Gasteiger partial charge in [0, 0.05) is 12.6 Å². The first-order valence-electron chi connectivity index (χ1n) is 10.7. The zero-order valence-electron chi connectivity index (χ0n) is 18.2. The maximum atomic E-state index is 13.7. The van der Waals surface area contributed by atoms with Crippen molar-refractivity contribution in [3.05, 3.63) is 53.1 Å². The largest absolute Gasteiger partial charge is 0.464 e. The Balaban J connectivity index is 1.75. The Labute approximate surface area is 181 Å². The van der Waals surface area contributed by atoms with Gasteiger partial charge >= 0.3 is 5.97 Å². The summed E-state index contributed by atoms with van der Waals surface area (Å²) in [5, 5.41) is 3.15. The molecule has 0 unspecified atom stereocenters. The van der Waals surface area contributed by atoms with E-state index in [-0.39, 0.29) is 36.4 Å². The van der Waals surface area contributed by atoms with Crippen LogP contribution in [0.5, 0.6) is 0 Å². The molecule has 1 atom stereocenters. The van der Waals surface area contributed by atoms with Crippen LogP contribution in [-0.2, 0) is 22.6 Å². The van der Waals surface area contributed by atoms with Crippen molar-refractivity contribution in [2.75, 3.05) is 7.11 Å². The summed E-state index contributed by atoms with van der Waals surface area (Å²) in [6.45, 7) is 4.23. The van der Waals surface area contributed by atoms with Crippen LogP contribution in [0.3, 0.4) is 0 Å². The number of rotatable bonds is 5. The van der Waals surface area contributed by atoms with E-state index >= 15 is 0 Å². The van der Waals surface area contributed by atoms with E-state index in [1.54, 1.807) is 16.4 Å². The van der Waals surface area contributed by atoms with E-state index in [2.05, 4.69) is 10.3 Å². The number of ether oxygens (including phenoxy) is 1. The average Bonchev–Trinajstić information content (AvgIpc) is 3.41. The predicted octanol–water partition coefficient (Wildman–Crippen LogP) is 2.45. The van der Waals surface area contributed by atoms with Crippen LogP contribution in [0.4, 0.5) is 0 Å². The molecule has 1 aliphatic heterocycles. The Bertz CT molecular complexity index is 1020. The standard InChI is InChI=1S/C23H28N4O4/c1-15-8-4-5-9-16(15)12-27-20(28)19-18(21(29)31-3)24-14-26(19)13-23(27,2)22(30)25-17-10-6-7-11-17/h4-5,8-9,14,17H,6-7,10-13H2,1-3H3,(H,25,30)/t23-/m1/s1. The van der Waals surface area contributed by atoms with Crippen LogP contribution >= 0.6 is 0 Å². The van der Waals surface area contributed by atoms with Crippen molar-refractivity contribution >= 4 is 17.8 Å². The smallest absolute Gasteiger partial charge is 0.359 e. The number of aryl methyl sites for hydroxylation is 1. The maximum absolute atomic E-state index is 13.7. The van der Waals surface area contributed by atoms with E-state index in [1.807, 2.05) is 31.2 Å². The number of imidazole rings is 1. The molecule has 8 heteroatoms. The monoisotopic (exact) mass is 424 g/mol. The fourth-order valence-electron chi connectivity index (χ4n) is 4.55. The highest BCUT2D eigenvalue weighted by molar-refractivity contribution is 6.06. The molecule has 2 aromatic rings. The third-order valence-corrected chi connectivity index (χ3v) is 6.51. The second-order valence-corrected chi connectivity index (χ2v) is 8.61. The molecule has 8 nitrogen and oxygen atoms in total. The van der Waals surface area contributed by atoms with Gasteiger partial charge in [-0.3, -0.25) is 9.59 Å². The summed E-state index contributed by atoms with van der Waals surface area (Å²) < 4.78 is 6.40. The molecule has 0 spiro atoms. The molecule has 0 radical (unpaired) electrons. The molecule has 1 aromatic heterocycles. The second kappa shape index (κ2) is 8.17. The lowest BCUT2D eigenvalue weighted by Gasteiger charge is -2.44.